The van der Waals surface area contributed by atoms with E-state index in [-0.39, 0.29) is 12.3 Å². The summed E-state index contributed by atoms with van der Waals surface area (Å²) < 4.78 is 18.2. The number of halogens is 1. The Morgan fingerprint density at radius 1 is 1.53 bits per heavy atom. The zero-order valence-corrected chi connectivity index (χ0v) is 11.1. The molecule has 1 aromatic rings. The number of aliphatic hydroxyl groups excluding tert-OH is 1. The van der Waals surface area contributed by atoms with Crippen LogP contribution in [0.5, 0.6) is 5.75 Å². The molecule has 0 aromatic heterocycles. The lowest BCUT2D eigenvalue weighted by molar-refractivity contribution is 0.162. The van der Waals surface area contributed by atoms with Crippen LogP contribution in [-0.4, -0.2) is 30.9 Å². The number of amides is 2. The average molecular weight is 270 g/mol. The van der Waals surface area contributed by atoms with Crippen molar-refractivity contribution in [3.8, 4) is 5.75 Å². The van der Waals surface area contributed by atoms with E-state index in [2.05, 4.69) is 10.6 Å². The molecule has 106 valence electrons. The van der Waals surface area contributed by atoms with Crippen molar-refractivity contribution in [2.24, 2.45) is 0 Å². The number of methoxy groups -OCH3 is 1. The maximum atomic E-state index is 13.4. The van der Waals surface area contributed by atoms with Gasteiger partial charge in [-0.15, -0.1) is 0 Å². The number of benzene rings is 1. The fraction of sp³-hybridized carbons (Fsp3) is 0.462. The van der Waals surface area contributed by atoms with Crippen LogP contribution in [0.25, 0.3) is 0 Å². The van der Waals surface area contributed by atoms with E-state index >= 15 is 0 Å². The first kappa shape index (κ1) is 15.2. The summed E-state index contributed by atoms with van der Waals surface area (Å²) in [7, 11) is 1.37. The van der Waals surface area contributed by atoms with Gasteiger partial charge < -0.3 is 20.5 Å². The Morgan fingerprint density at radius 2 is 2.26 bits per heavy atom. The third kappa shape index (κ3) is 5.13. The molecule has 1 aromatic carbocycles. The molecule has 0 fully saturated rings. The average Bonchev–Trinajstić information content (AvgIpc) is 2.37. The number of urea groups is 1. The fourth-order valence-corrected chi connectivity index (χ4v) is 1.57. The van der Waals surface area contributed by atoms with Crippen LogP contribution < -0.4 is 15.4 Å². The Morgan fingerprint density at radius 3 is 2.84 bits per heavy atom. The Hall–Kier alpha value is -1.82. The van der Waals surface area contributed by atoms with Crippen molar-refractivity contribution in [1.29, 1.82) is 0 Å². The summed E-state index contributed by atoms with van der Waals surface area (Å²) in [6.45, 7) is 2.11. The third-order valence-electron chi connectivity index (χ3n) is 2.53. The van der Waals surface area contributed by atoms with E-state index in [1.165, 1.54) is 25.3 Å². The number of hydrogen-bond acceptors (Lipinski definition) is 3. The summed E-state index contributed by atoms with van der Waals surface area (Å²) in [5, 5.41) is 14.4. The maximum Gasteiger partial charge on any atom is 0.319 e. The molecule has 3 N–H and O–H groups in total. The van der Waals surface area contributed by atoms with E-state index < -0.39 is 18.0 Å². The molecule has 0 aliphatic heterocycles. The lowest BCUT2D eigenvalue weighted by atomic mass is 10.2. The summed E-state index contributed by atoms with van der Waals surface area (Å²) in [5.74, 6) is -0.435. The predicted molar refractivity (Wildman–Crippen MR) is 70.9 cm³/mol. The monoisotopic (exact) mass is 270 g/mol. The number of ether oxygens (including phenoxy) is 1. The molecular formula is C13H19FN2O3. The molecule has 5 nitrogen and oxygen atoms in total. The quantitative estimate of drug-likeness (QED) is 0.741. The first-order valence-electron chi connectivity index (χ1n) is 6.13. The maximum absolute atomic E-state index is 13.4. The van der Waals surface area contributed by atoms with Gasteiger partial charge in [0.25, 0.3) is 0 Å². The minimum Gasteiger partial charge on any atom is -0.494 e. The van der Waals surface area contributed by atoms with Gasteiger partial charge in [-0.05, 0) is 18.6 Å². The van der Waals surface area contributed by atoms with Gasteiger partial charge in [-0.25, -0.2) is 9.18 Å². The van der Waals surface area contributed by atoms with E-state index in [0.717, 1.165) is 6.42 Å². The van der Waals surface area contributed by atoms with Crippen molar-refractivity contribution in [3.05, 3.63) is 24.0 Å². The standard InChI is InChI=1S/C13H19FN2O3/c1-3-4-10(17)8-15-13(18)16-9-5-6-12(19-2)11(14)7-9/h5-7,10,17H,3-4,8H2,1-2H3,(H2,15,16,18). The number of hydrogen-bond donors (Lipinski definition) is 3. The summed E-state index contributed by atoms with van der Waals surface area (Å²) in [6.07, 6.45) is 0.898. The van der Waals surface area contributed by atoms with Gasteiger partial charge in [-0.2, -0.15) is 0 Å². The second-order valence-electron chi connectivity index (χ2n) is 4.13. The van der Waals surface area contributed by atoms with Gasteiger partial charge in [0, 0.05) is 18.3 Å². The van der Waals surface area contributed by atoms with Gasteiger partial charge in [0.1, 0.15) is 0 Å². The van der Waals surface area contributed by atoms with Crippen LogP contribution in [-0.2, 0) is 0 Å². The van der Waals surface area contributed by atoms with Crippen molar-refractivity contribution in [3.63, 3.8) is 0 Å². The normalized spacial score (nSPS) is 11.8. The highest BCUT2D eigenvalue weighted by Crippen LogP contribution is 2.20. The van der Waals surface area contributed by atoms with Gasteiger partial charge in [0.2, 0.25) is 0 Å². The summed E-state index contributed by atoms with van der Waals surface area (Å²) >= 11 is 0. The van der Waals surface area contributed by atoms with Crippen molar-refractivity contribution >= 4 is 11.7 Å². The number of nitrogens with one attached hydrogen (secondary N) is 2. The fourth-order valence-electron chi connectivity index (χ4n) is 1.57. The van der Waals surface area contributed by atoms with Crippen molar-refractivity contribution < 1.29 is 19.0 Å². The van der Waals surface area contributed by atoms with E-state index in [1.807, 2.05) is 6.92 Å². The second kappa shape index (κ2) is 7.58. The SMILES string of the molecule is CCCC(O)CNC(=O)Nc1ccc(OC)c(F)c1. The van der Waals surface area contributed by atoms with Gasteiger partial charge in [-0.3, -0.25) is 0 Å². The Labute approximate surface area is 111 Å². The van der Waals surface area contributed by atoms with E-state index in [4.69, 9.17) is 4.74 Å². The van der Waals surface area contributed by atoms with E-state index in [1.54, 1.807) is 0 Å². The van der Waals surface area contributed by atoms with Crippen LogP contribution in [0.2, 0.25) is 0 Å². The molecule has 0 heterocycles. The Balaban J connectivity index is 2.46. The summed E-state index contributed by atoms with van der Waals surface area (Å²) in [6, 6.07) is 3.64. The van der Waals surface area contributed by atoms with Crippen molar-refractivity contribution in [2.45, 2.75) is 25.9 Å². The van der Waals surface area contributed by atoms with Crippen LogP contribution in [0, 0.1) is 5.82 Å². The highest BCUT2D eigenvalue weighted by molar-refractivity contribution is 5.89. The Bertz CT molecular complexity index is 426. The van der Waals surface area contributed by atoms with E-state index in [9.17, 15) is 14.3 Å². The molecule has 0 saturated carbocycles. The molecule has 0 saturated heterocycles. The number of carbonyl (C=O) groups is 1. The number of anilines is 1. The van der Waals surface area contributed by atoms with Crippen molar-refractivity contribution in [2.75, 3.05) is 19.0 Å². The van der Waals surface area contributed by atoms with Crippen LogP contribution >= 0.6 is 0 Å². The number of carbonyl (C=O) groups excluding carboxylic acids is 1. The molecule has 0 aliphatic carbocycles. The lowest BCUT2D eigenvalue weighted by Crippen LogP contribution is -2.35. The first-order valence-corrected chi connectivity index (χ1v) is 6.13. The molecule has 0 aliphatic rings. The lowest BCUT2D eigenvalue weighted by Gasteiger charge is -2.12. The van der Waals surface area contributed by atoms with Crippen LogP contribution in [0.3, 0.4) is 0 Å². The molecule has 0 radical (unpaired) electrons. The summed E-state index contributed by atoms with van der Waals surface area (Å²) in [4.78, 5) is 11.5. The van der Waals surface area contributed by atoms with Crippen LogP contribution in [0.15, 0.2) is 18.2 Å². The molecule has 0 spiro atoms. The molecule has 19 heavy (non-hydrogen) atoms. The molecule has 0 bridgehead atoms. The second-order valence-corrected chi connectivity index (χ2v) is 4.13. The molecule has 1 rings (SSSR count). The smallest absolute Gasteiger partial charge is 0.319 e. The van der Waals surface area contributed by atoms with Crippen LogP contribution in [0.1, 0.15) is 19.8 Å². The van der Waals surface area contributed by atoms with Gasteiger partial charge >= 0.3 is 6.03 Å². The zero-order chi connectivity index (χ0) is 14.3. The van der Waals surface area contributed by atoms with Crippen molar-refractivity contribution in [1.82, 2.24) is 5.32 Å². The molecular weight excluding hydrogens is 251 g/mol. The third-order valence-corrected chi connectivity index (χ3v) is 2.53. The highest BCUT2D eigenvalue weighted by atomic mass is 19.1. The van der Waals surface area contributed by atoms with Gasteiger partial charge in [0.15, 0.2) is 11.6 Å². The minimum atomic E-state index is -0.566. The minimum absolute atomic E-state index is 0.115. The predicted octanol–water partition coefficient (Wildman–Crippen LogP) is 2.12. The number of rotatable bonds is 6. The molecule has 1 unspecified atom stereocenters. The molecule has 1 atom stereocenters. The Kier molecular flexibility index (Phi) is 6.08. The summed E-state index contributed by atoms with van der Waals surface area (Å²) in [5.41, 5.74) is 0.320. The van der Waals surface area contributed by atoms with Crippen LogP contribution in [0.4, 0.5) is 14.9 Å². The highest BCUT2D eigenvalue weighted by Gasteiger charge is 2.08. The zero-order valence-electron chi connectivity index (χ0n) is 11.1. The number of aliphatic hydroxyl groups is 1. The largest absolute Gasteiger partial charge is 0.494 e. The molecule has 6 heteroatoms. The van der Waals surface area contributed by atoms with Gasteiger partial charge in [-0.1, -0.05) is 13.3 Å². The van der Waals surface area contributed by atoms with E-state index in [0.29, 0.717) is 12.1 Å². The molecule has 2 amide bonds. The topological polar surface area (TPSA) is 70.6 Å². The van der Waals surface area contributed by atoms with Gasteiger partial charge in [0.05, 0.1) is 13.2 Å². The first-order chi connectivity index (χ1) is 9.06.